The summed E-state index contributed by atoms with van der Waals surface area (Å²) >= 11 is 0. The second-order valence-electron chi connectivity index (χ2n) is 3.87. The van der Waals surface area contributed by atoms with Gasteiger partial charge in [-0.25, -0.2) is 4.79 Å². The molecule has 5 nitrogen and oxygen atoms in total. The lowest BCUT2D eigenvalue weighted by Gasteiger charge is -2.28. The first-order valence-corrected chi connectivity index (χ1v) is 5.85. The van der Waals surface area contributed by atoms with Crippen LogP contribution in [0.2, 0.25) is 0 Å². The van der Waals surface area contributed by atoms with E-state index in [2.05, 4.69) is 0 Å². The van der Waals surface area contributed by atoms with E-state index in [4.69, 9.17) is 14.7 Å². The molecule has 0 N–H and O–H groups in total. The fraction of sp³-hybridized carbons (Fsp3) is 0.385. The van der Waals surface area contributed by atoms with E-state index in [1.165, 1.54) is 4.90 Å². The molecule has 1 aliphatic heterocycles. The molecule has 0 radical (unpaired) electrons. The van der Waals surface area contributed by atoms with Crippen LogP contribution < -0.4 is 9.64 Å². The average Bonchev–Trinajstić information content (AvgIpc) is 2.40. The standard InChI is InChI=1S/C13H14N2O3/c1-2-17-11-5-3-10(4-6-11)15-8-7-12(9-14)18-13(15)16/h3-6,12H,2,7-8H2,1H3. The van der Waals surface area contributed by atoms with Crippen LogP contribution in [0.25, 0.3) is 0 Å². The number of cyclic esters (lactones) is 1. The summed E-state index contributed by atoms with van der Waals surface area (Å²) in [6.45, 7) is 3.01. The summed E-state index contributed by atoms with van der Waals surface area (Å²) < 4.78 is 10.3. The Hall–Kier alpha value is -2.22. The third kappa shape index (κ3) is 2.54. The van der Waals surface area contributed by atoms with Crippen molar-refractivity contribution in [2.75, 3.05) is 18.1 Å². The minimum absolute atomic E-state index is 0.475. The van der Waals surface area contributed by atoms with Crippen LogP contribution in [0.15, 0.2) is 24.3 Å². The van der Waals surface area contributed by atoms with Crippen molar-refractivity contribution in [2.45, 2.75) is 19.4 Å². The molecule has 1 aromatic carbocycles. The highest BCUT2D eigenvalue weighted by Gasteiger charge is 2.27. The average molecular weight is 246 g/mol. The molecule has 94 valence electrons. The van der Waals surface area contributed by atoms with Gasteiger partial charge in [-0.15, -0.1) is 0 Å². The highest BCUT2D eigenvalue weighted by Crippen LogP contribution is 2.23. The van der Waals surface area contributed by atoms with Gasteiger partial charge in [-0.2, -0.15) is 5.26 Å². The monoisotopic (exact) mass is 246 g/mol. The Morgan fingerprint density at radius 1 is 1.50 bits per heavy atom. The minimum Gasteiger partial charge on any atom is -0.494 e. The van der Waals surface area contributed by atoms with Crippen LogP contribution in [0.4, 0.5) is 10.5 Å². The molecule has 0 bridgehead atoms. The molecular formula is C13H14N2O3. The van der Waals surface area contributed by atoms with Crippen LogP contribution in [0.3, 0.4) is 0 Å². The van der Waals surface area contributed by atoms with Crippen molar-refractivity contribution in [3.05, 3.63) is 24.3 Å². The van der Waals surface area contributed by atoms with E-state index in [9.17, 15) is 4.79 Å². The molecule has 0 spiro atoms. The second-order valence-corrected chi connectivity index (χ2v) is 3.87. The third-order valence-corrected chi connectivity index (χ3v) is 2.68. The largest absolute Gasteiger partial charge is 0.494 e. The maximum absolute atomic E-state index is 11.7. The Kier molecular flexibility index (Phi) is 3.68. The topological polar surface area (TPSA) is 62.6 Å². The van der Waals surface area contributed by atoms with E-state index in [1.807, 2.05) is 25.1 Å². The number of carbonyl (C=O) groups is 1. The Balaban J connectivity index is 2.08. The van der Waals surface area contributed by atoms with Crippen LogP contribution in [-0.2, 0) is 4.74 Å². The lowest BCUT2D eigenvalue weighted by Crippen LogP contribution is -2.41. The molecule has 1 unspecified atom stereocenters. The summed E-state index contributed by atoms with van der Waals surface area (Å²) in [5.41, 5.74) is 0.750. The number of ether oxygens (including phenoxy) is 2. The van der Waals surface area contributed by atoms with Gasteiger partial charge < -0.3 is 9.47 Å². The minimum atomic E-state index is -0.628. The van der Waals surface area contributed by atoms with Crippen molar-refractivity contribution < 1.29 is 14.3 Å². The summed E-state index contributed by atoms with van der Waals surface area (Å²) in [6, 6.07) is 9.17. The molecule has 0 aliphatic carbocycles. The maximum atomic E-state index is 11.7. The van der Waals surface area contributed by atoms with Gasteiger partial charge in [0.25, 0.3) is 0 Å². The zero-order chi connectivity index (χ0) is 13.0. The number of carbonyl (C=O) groups excluding carboxylic acids is 1. The molecule has 1 amide bonds. The SMILES string of the molecule is CCOc1ccc(N2CCC(C#N)OC2=O)cc1. The predicted octanol–water partition coefficient (Wildman–Crippen LogP) is 2.32. The third-order valence-electron chi connectivity index (χ3n) is 2.68. The predicted molar refractivity (Wildman–Crippen MR) is 65.5 cm³/mol. The van der Waals surface area contributed by atoms with Crippen molar-refractivity contribution in [2.24, 2.45) is 0 Å². The number of hydrogen-bond donors (Lipinski definition) is 0. The molecule has 1 saturated heterocycles. The first kappa shape index (κ1) is 12.2. The van der Waals surface area contributed by atoms with Crippen molar-refractivity contribution >= 4 is 11.8 Å². The normalized spacial score (nSPS) is 19.0. The van der Waals surface area contributed by atoms with E-state index in [1.54, 1.807) is 12.1 Å². The summed E-state index contributed by atoms with van der Waals surface area (Å²) in [6.07, 6.45) is -0.580. The molecule has 1 fully saturated rings. The molecule has 0 saturated carbocycles. The second kappa shape index (κ2) is 5.41. The first-order valence-electron chi connectivity index (χ1n) is 5.85. The van der Waals surface area contributed by atoms with E-state index in [-0.39, 0.29) is 0 Å². The van der Waals surface area contributed by atoms with Crippen molar-refractivity contribution in [3.8, 4) is 11.8 Å². The van der Waals surface area contributed by atoms with Crippen molar-refractivity contribution in [1.82, 2.24) is 0 Å². The molecule has 2 rings (SSSR count). The van der Waals surface area contributed by atoms with Gasteiger partial charge in [0.1, 0.15) is 11.8 Å². The van der Waals surface area contributed by atoms with Gasteiger partial charge in [0, 0.05) is 18.7 Å². The first-order chi connectivity index (χ1) is 8.74. The number of nitrogens with zero attached hydrogens (tertiary/aromatic N) is 2. The fourth-order valence-electron chi connectivity index (χ4n) is 1.80. The fourth-order valence-corrected chi connectivity index (χ4v) is 1.80. The van der Waals surface area contributed by atoms with Crippen LogP contribution >= 0.6 is 0 Å². The zero-order valence-corrected chi connectivity index (χ0v) is 10.1. The lowest BCUT2D eigenvalue weighted by molar-refractivity contribution is 0.111. The van der Waals surface area contributed by atoms with Crippen LogP contribution in [-0.4, -0.2) is 25.3 Å². The molecule has 1 aliphatic rings. The van der Waals surface area contributed by atoms with Gasteiger partial charge in [0.05, 0.1) is 6.61 Å². The number of nitriles is 1. The summed E-state index contributed by atoms with van der Waals surface area (Å²) in [4.78, 5) is 13.2. The molecule has 18 heavy (non-hydrogen) atoms. The van der Waals surface area contributed by atoms with Crippen molar-refractivity contribution in [1.29, 1.82) is 5.26 Å². The molecule has 1 aromatic rings. The number of amides is 1. The quantitative estimate of drug-likeness (QED) is 0.821. The van der Waals surface area contributed by atoms with Gasteiger partial charge in [-0.1, -0.05) is 0 Å². The summed E-state index contributed by atoms with van der Waals surface area (Å²) in [7, 11) is 0. The smallest absolute Gasteiger partial charge is 0.415 e. The van der Waals surface area contributed by atoms with Crippen LogP contribution in [0, 0.1) is 11.3 Å². The van der Waals surface area contributed by atoms with Gasteiger partial charge in [-0.3, -0.25) is 4.90 Å². The Morgan fingerprint density at radius 2 is 2.22 bits per heavy atom. The Morgan fingerprint density at radius 3 is 2.78 bits per heavy atom. The number of hydrogen-bond acceptors (Lipinski definition) is 4. The maximum Gasteiger partial charge on any atom is 0.415 e. The molecule has 5 heteroatoms. The number of anilines is 1. The lowest BCUT2D eigenvalue weighted by atomic mass is 10.2. The summed E-state index contributed by atoms with van der Waals surface area (Å²) in [5, 5.41) is 8.70. The van der Waals surface area contributed by atoms with Crippen LogP contribution in [0.5, 0.6) is 5.75 Å². The molecule has 1 atom stereocenters. The Labute approximate surface area is 106 Å². The summed E-state index contributed by atoms with van der Waals surface area (Å²) in [5.74, 6) is 0.765. The van der Waals surface area contributed by atoms with E-state index >= 15 is 0 Å². The highest BCUT2D eigenvalue weighted by molar-refractivity contribution is 5.88. The zero-order valence-electron chi connectivity index (χ0n) is 10.1. The van der Waals surface area contributed by atoms with Gasteiger partial charge >= 0.3 is 6.09 Å². The molecule has 1 heterocycles. The molecule has 0 aromatic heterocycles. The Bertz CT molecular complexity index is 464. The number of benzene rings is 1. The van der Waals surface area contributed by atoms with Gasteiger partial charge in [0.15, 0.2) is 6.10 Å². The van der Waals surface area contributed by atoms with Gasteiger partial charge in [0.2, 0.25) is 0 Å². The highest BCUT2D eigenvalue weighted by atomic mass is 16.6. The number of rotatable bonds is 3. The van der Waals surface area contributed by atoms with E-state index < -0.39 is 12.2 Å². The van der Waals surface area contributed by atoms with E-state index in [0.29, 0.717) is 19.6 Å². The molecular weight excluding hydrogens is 232 g/mol. The van der Waals surface area contributed by atoms with Crippen LogP contribution in [0.1, 0.15) is 13.3 Å². The van der Waals surface area contributed by atoms with Gasteiger partial charge in [-0.05, 0) is 31.2 Å². The van der Waals surface area contributed by atoms with Crippen molar-refractivity contribution in [3.63, 3.8) is 0 Å². The van der Waals surface area contributed by atoms with E-state index in [0.717, 1.165) is 11.4 Å².